The van der Waals surface area contributed by atoms with E-state index in [9.17, 15) is 0 Å². The zero-order valence-electron chi connectivity index (χ0n) is 5.88. The first-order chi connectivity index (χ1) is 4.74. The number of thiocarbonyl (C=S) groups is 1. The average Bonchev–Trinajstić information content (AvgIpc) is 2.34. The highest BCUT2D eigenvalue weighted by Crippen LogP contribution is 2.15. The van der Waals surface area contributed by atoms with Crippen LogP contribution in [0, 0.1) is 6.92 Å². The SMILES string of the molecule is COC(=S)c1ccc(C)s1. The maximum Gasteiger partial charge on any atom is 0.201 e. The molecule has 0 aliphatic rings. The van der Waals surface area contributed by atoms with E-state index in [1.165, 1.54) is 4.88 Å². The molecule has 0 aliphatic carbocycles. The summed E-state index contributed by atoms with van der Waals surface area (Å²) in [6, 6.07) is 4.01. The Morgan fingerprint density at radius 1 is 1.60 bits per heavy atom. The van der Waals surface area contributed by atoms with Gasteiger partial charge < -0.3 is 4.74 Å². The lowest BCUT2D eigenvalue weighted by molar-refractivity contribution is 0.417. The van der Waals surface area contributed by atoms with Crippen LogP contribution in [0.3, 0.4) is 0 Å². The summed E-state index contributed by atoms with van der Waals surface area (Å²) in [6.07, 6.45) is 0. The van der Waals surface area contributed by atoms with Crippen molar-refractivity contribution in [3.8, 4) is 0 Å². The van der Waals surface area contributed by atoms with Gasteiger partial charge in [-0.1, -0.05) is 0 Å². The fourth-order valence-electron chi connectivity index (χ4n) is 0.645. The predicted octanol–water partition coefficient (Wildman–Crippen LogP) is 2.38. The van der Waals surface area contributed by atoms with Crippen LogP contribution >= 0.6 is 23.6 Å². The minimum Gasteiger partial charge on any atom is -0.486 e. The molecule has 0 radical (unpaired) electrons. The van der Waals surface area contributed by atoms with Crippen molar-refractivity contribution in [2.45, 2.75) is 6.92 Å². The van der Waals surface area contributed by atoms with Gasteiger partial charge in [0.25, 0.3) is 0 Å². The highest BCUT2D eigenvalue weighted by Gasteiger charge is 2.01. The van der Waals surface area contributed by atoms with Gasteiger partial charge in [0.2, 0.25) is 5.05 Å². The fourth-order valence-corrected chi connectivity index (χ4v) is 1.62. The van der Waals surface area contributed by atoms with Crippen LogP contribution in [0.2, 0.25) is 0 Å². The van der Waals surface area contributed by atoms with Crippen molar-refractivity contribution < 1.29 is 4.74 Å². The molecule has 0 bridgehead atoms. The third-order valence-corrected chi connectivity index (χ3v) is 2.64. The summed E-state index contributed by atoms with van der Waals surface area (Å²) < 4.78 is 4.89. The van der Waals surface area contributed by atoms with Crippen LogP contribution in [0.4, 0.5) is 0 Å². The summed E-state index contributed by atoms with van der Waals surface area (Å²) in [7, 11) is 1.59. The Morgan fingerprint density at radius 3 is 2.70 bits per heavy atom. The highest BCUT2D eigenvalue weighted by molar-refractivity contribution is 7.80. The van der Waals surface area contributed by atoms with Gasteiger partial charge in [-0.15, -0.1) is 11.3 Å². The second-order valence-corrected chi connectivity index (χ2v) is 3.56. The van der Waals surface area contributed by atoms with Gasteiger partial charge in [0.15, 0.2) is 0 Å². The quantitative estimate of drug-likeness (QED) is 0.601. The van der Waals surface area contributed by atoms with Gasteiger partial charge in [0, 0.05) is 4.88 Å². The molecule has 0 N–H and O–H groups in total. The number of hydrogen-bond acceptors (Lipinski definition) is 3. The number of methoxy groups -OCH3 is 1. The van der Waals surface area contributed by atoms with Crippen LogP contribution < -0.4 is 0 Å². The number of thiophene rings is 1. The highest BCUT2D eigenvalue weighted by atomic mass is 32.1. The van der Waals surface area contributed by atoms with Crippen molar-refractivity contribution in [3.63, 3.8) is 0 Å². The Hall–Kier alpha value is -0.410. The fraction of sp³-hybridized carbons (Fsp3) is 0.286. The number of rotatable bonds is 1. The van der Waals surface area contributed by atoms with Crippen molar-refractivity contribution in [2.75, 3.05) is 7.11 Å². The average molecular weight is 172 g/mol. The van der Waals surface area contributed by atoms with Crippen LogP contribution in [-0.2, 0) is 4.74 Å². The maximum atomic E-state index is 4.92. The van der Waals surface area contributed by atoms with Gasteiger partial charge in [0.05, 0.1) is 12.0 Å². The molecule has 3 heteroatoms. The topological polar surface area (TPSA) is 9.23 Å². The standard InChI is InChI=1S/C7H8OS2/c1-5-3-4-6(10-5)7(9)8-2/h3-4H,1-2H3. The molecule has 1 rings (SSSR count). The first kappa shape index (κ1) is 7.69. The zero-order valence-corrected chi connectivity index (χ0v) is 7.51. The second-order valence-electron chi connectivity index (χ2n) is 1.90. The molecule has 0 fully saturated rings. The van der Waals surface area contributed by atoms with E-state index in [1.54, 1.807) is 18.4 Å². The van der Waals surface area contributed by atoms with E-state index in [0.29, 0.717) is 5.05 Å². The van der Waals surface area contributed by atoms with Crippen LogP contribution in [0.25, 0.3) is 0 Å². The van der Waals surface area contributed by atoms with Crippen molar-refractivity contribution >= 4 is 28.6 Å². The van der Waals surface area contributed by atoms with E-state index in [4.69, 9.17) is 17.0 Å². The Balaban J connectivity index is 2.85. The summed E-state index contributed by atoms with van der Waals surface area (Å²) in [5.41, 5.74) is 0. The first-order valence-corrected chi connectivity index (χ1v) is 4.11. The molecule has 0 saturated heterocycles. The Kier molecular flexibility index (Phi) is 2.40. The Labute approximate surface area is 69.6 Å². The van der Waals surface area contributed by atoms with Crippen molar-refractivity contribution in [1.82, 2.24) is 0 Å². The molecule has 0 unspecified atom stereocenters. The van der Waals surface area contributed by atoms with E-state index in [1.807, 2.05) is 19.1 Å². The van der Waals surface area contributed by atoms with Crippen molar-refractivity contribution in [1.29, 1.82) is 0 Å². The first-order valence-electron chi connectivity index (χ1n) is 2.89. The zero-order chi connectivity index (χ0) is 7.56. The molecule has 1 nitrogen and oxygen atoms in total. The summed E-state index contributed by atoms with van der Waals surface area (Å²) >= 11 is 6.58. The normalized spacial score (nSPS) is 9.40. The Bertz CT molecular complexity index is 240. The number of aryl methyl sites for hydroxylation is 1. The lowest BCUT2D eigenvalue weighted by Gasteiger charge is -1.95. The van der Waals surface area contributed by atoms with Gasteiger partial charge in [-0.2, -0.15) is 0 Å². The van der Waals surface area contributed by atoms with E-state index in [-0.39, 0.29) is 0 Å². The third-order valence-electron chi connectivity index (χ3n) is 1.13. The van der Waals surface area contributed by atoms with E-state index < -0.39 is 0 Å². The molecule has 54 valence electrons. The van der Waals surface area contributed by atoms with Gasteiger partial charge in [0.1, 0.15) is 0 Å². The minimum absolute atomic E-state index is 0.582. The van der Waals surface area contributed by atoms with Crippen LogP contribution in [-0.4, -0.2) is 12.2 Å². The molecule has 1 aromatic heterocycles. The largest absolute Gasteiger partial charge is 0.486 e. The summed E-state index contributed by atoms with van der Waals surface area (Å²) in [5, 5.41) is 0.582. The van der Waals surface area contributed by atoms with E-state index >= 15 is 0 Å². The Morgan fingerprint density at radius 2 is 2.30 bits per heavy atom. The molecule has 0 spiro atoms. The van der Waals surface area contributed by atoms with E-state index in [2.05, 4.69) is 0 Å². The van der Waals surface area contributed by atoms with Crippen LogP contribution in [0.15, 0.2) is 12.1 Å². The van der Waals surface area contributed by atoms with Gasteiger partial charge in [-0.3, -0.25) is 0 Å². The predicted molar refractivity (Wildman–Crippen MR) is 47.8 cm³/mol. The number of ether oxygens (including phenoxy) is 1. The monoisotopic (exact) mass is 172 g/mol. The smallest absolute Gasteiger partial charge is 0.201 e. The molecule has 1 heterocycles. The molecule has 0 atom stereocenters. The van der Waals surface area contributed by atoms with E-state index in [0.717, 1.165) is 4.88 Å². The molecular formula is C7H8OS2. The molecule has 10 heavy (non-hydrogen) atoms. The summed E-state index contributed by atoms with van der Waals surface area (Å²) in [5.74, 6) is 0. The summed E-state index contributed by atoms with van der Waals surface area (Å²) in [6.45, 7) is 2.05. The van der Waals surface area contributed by atoms with Crippen molar-refractivity contribution in [2.24, 2.45) is 0 Å². The van der Waals surface area contributed by atoms with Crippen LogP contribution in [0.1, 0.15) is 9.75 Å². The lowest BCUT2D eigenvalue weighted by Crippen LogP contribution is -1.94. The summed E-state index contributed by atoms with van der Waals surface area (Å²) in [4.78, 5) is 2.30. The molecule has 0 aromatic carbocycles. The number of hydrogen-bond donors (Lipinski definition) is 0. The van der Waals surface area contributed by atoms with Gasteiger partial charge in [-0.05, 0) is 31.3 Å². The third kappa shape index (κ3) is 1.55. The molecule has 0 saturated carbocycles. The molecule has 1 aromatic rings. The minimum atomic E-state index is 0.582. The van der Waals surface area contributed by atoms with Crippen LogP contribution in [0.5, 0.6) is 0 Å². The maximum absolute atomic E-state index is 4.92. The molecule has 0 aliphatic heterocycles. The van der Waals surface area contributed by atoms with Crippen molar-refractivity contribution in [3.05, 3.63) is 21.9 Å². The molecule has 0 amide bonds. The van der Waals surface area contributed by atoms with Gasteiger partial charge >= 0.3 is 0 Å². The van der Waals surface area contributed by atoms with Gasteiger partial charge in [-0.25, -0.2) is 0 Å². The lowest BCUT2D eigenvalue weighted by atomic mass is 10.4. The molecular weight excluding hydrogens is 164 g/mol. The second kappa shape index (κ2) is 3.12.